The number of ether oxygens (including phenoxy) is 6. The van der Waals surface area contributed by atoms with Crippen molar-refractivity contribution in [2.45, 2.75) is 138 Å². The minimum atomic E-state index is -1.77. The molecule has 0 radical (unpaired) electrons. The fraction of sp³-hybridized carbons (Fsp3) is 0.765. The van der Waals surface area contributed by atoms with E-state index in [0.717, 1.165) is 32.1 Å². The first-order chi connectivity index (χ1) is 25.3. The summed E-state index contributed by atoms with van der Waals surface area (Å²) in [4.78, 5) is 35.7. The van der Waals surface area contributed by atoms with Crippen molar-refractivity contribution in [3.8, 4) is 0 Å². The molecule has 14 unspecified atom stereocenters. The van der Waals surface area contributed by atoms with E-state index < -0.39 is 109 Å². The number of benzene rings is 1. The summed E-state index contributed by atoms with van der Waals surface area (Å²) >= 11 is 0. The molecule has 5 rings (SSSR count). The van der Waals surface area contributed by atoms with Crippen molar-refractivity contribution in [2.24, 2.45) is 5.92 Å². The summed E-state index contributed by atoms with van der Waals surface area (Å²) in [6.07, 6.45) is -15.1. The number of nitrogens with one attached hydrogen (secondary N) is 1. The average molecular weight is 759 g/mol. The number of rotatable bonds is 14. The zero-order chi connectivity index (χ0) is 38.4. The lowest BCUT2D eigenvalue weighted by molar-refractivity contribution is -0.384. The third kappa shape index (κ3) is 10.0. The van der Waals surface area contributed by atoms with E-state index in [9.17, 15) is 55.4 Å². The number of nitrogens with zero attached hydrogens (tertiary/aromatic N) is 1. The van der Waals surface area contributed by atoms with Gasteiger partial charge >= 0.3 is 5.97 Å². The zero-order valence-corrected chi connectivity index (χ0v) is 29.2. The Balaban J connectivity index is 1.34. The van der Waals surface area contributed by atoms with Crippen LogP contribution in [-0.2, 0) is 33.2 Å². The molecule has 1 aromatic rings. The van der Waals surface area contributed by atoms with Gasteiger partial charge < -0.3 is 69.5 Å². The van der Waals surface area contributed by atoms with Gasteiger partial charge in [-0.15, -0.1) is 0 Å². The highest BCUT2D eigenvalue weighted by atomic mass is 16.7. The molecule has 0 bridgehead atoms. The molecular weight excluding hydrogens is 708 g/mol. The third-order valence-electron chi connectivity index (χ3n) is 10.4. The van der Waals surface area contributed by atoms with E-state index in [4.69, 9.17) is 28.4 Å². The van der Waals surface area contributed by atoms with Crippen molar-refractivity contribution in [3.05, 3.63) is 39.9 Å². The highest BCUT2D eigenvalue weighted by molar-refractivity contribution is 5.94. The van der Waals surface area contributed by atoms with E-state index >= 15 is 0 Å². The standard InChI is InChI=1S/C34H50N2O17/c1-16-24(38)26(40)27(41)33(49-16)53-29-20(11-12-48-22(29)14-35-31(43)18-7-9-19(10-8-18)36(46)47)51-34-28(42)30(25(39)23(15-37)52-34)50-21(32(44)45)13-17-5-3-2-4-6-17/h7-10,16-17,20-30,33-34,37-42H,2-6,11-15H2,1H3,(H,35,43)(H,44,45). The van der Waals surface area contributed by atoms with Crippen LogP contribution in [0.25, 0.3) is 0 Å². The van der Waals surface area contributed by atoms with Gasteiger partial charge in [0.15, 0.2) is 18.7 Å². The lowest BCUT2D eigenvalue weighted by Gasteiger charge is -2.47. The van der Waals surface area contributed by atoms with Crippen molar-refractivity contribution in [3.63, 3.8) is 0 Å². The first-order valence-corrected chi connectivity index (χ1v) is 17.9. The molecule has 1 saturated carbocycles. The lowest BCUT2D eigenvalue weighted by atomic mass is 9.85. The molecule has 53 heavy (non-hydrogen) atoms. The number of nitro benzene ring substituents is 1. The normalized spacial score (nSPS) is 37.5. The Bertz CT molecular complexity index is 1360. The van der Waals surface area contributed by atoms with Crippen LogP contribution < -0.4 is 5.32 Å². The SMILES string of the molecule is CC1OC(OC2C(CNC(=O)c3ccc([N+](=O)[O-])cc3)OCCC2OC2OC(CO)C(O)C(OC(CC3CCCCC3)C(=O)O)C2O)C(O)C(O)C1O. The zero-order valence-electron chi connectivity index (χ0n) is 29.2. The molecule has 1 aliphatic carbocycles. The molecule has 4 aliphatic rings. The molecule has 8 N–H and O–H groups in total. The summed E-state index contributed by atoms with van der Waals surface area (Å²) in [7, 11) is 0. The van der Waals surface area contributed by atoms with Gasteiger partial charge in [-0.3, -0.25) is 14.9 Å². The number of non-ortho nitro benzene ring substituents is 1. The minimum Gasteiger partial charge on any atom is -0.479 e. The number of nitro groups is 1. The summed E-state index contributed by atoms with van der Waals surface area (Å²) < 4.78 is 35.5. The number of amides is 1. The maximum absolute atomic E-state index is 13.0. The molecule has 1 amide bonds. The summed E-state index contributed by atoms with van der Waals surface area (Å²) in [6.45, 7) is 0.503. The van der Waals surface area contributed by atoms with Gasteiger partial charge in [-0.1, -0.05) is 32.1 Å². The van der Waals surface area contributed by atoms with Crippen LogP contribution in [0.3, 0.4) is 0 Å². The minimum absolute atomic E-state index is 0.0195. The van der Waals surface area contributed by atoms with Gasteiger partial charge in [0.2, 0.25) is 0 Å². The second kappa shape index (κ2) is 18.6. The Morgan fingerprint density at radius 3 is 2.21 bits per heavy atom. The van der Waals surface area contributed by atoms with Crippen molar-refractivity contribution in [2.75, 3.05) is 19.8 Å². The van der Waals surface area contributed by atoms with E-state index in [2.05, 4.69) is 5.32 Å². The molecule has 3 heterocycles. The largest absolute Gasteiger partial charge is 0.479 e. The number of hydrogen-bond donors (Lipinski definition) is 8. The van der Waals surface area contributed by atoms with E-state index in [0.29, 0.717) is 0 Å². The number of carbonyl (C=O) groups excluding carboxylic acids is 1. The Morgan fingerprint density at radius 1 is 0.887 bits per heavy atom. The Labute approximate surface area is 304 Å². The van der Waals surface area contributed by atoms with Crippen LogP contribution in [0.1, 0.15) is 62.2 Å². The molecule has 3 saturated heterocycles. The molecule has 1 aromatic carbocycles. The Hall–Kier alpha value is -2.92. The maximum atomic E-state index is 13.0. The first-order valence-electron chi connectivity index (χ1n) is 17.9. The molecule has 0 spiro atoms. The van der Waals surface area contributed by atoms with Gasteiger partial charge in [-0.2, -0.15) is 0 Å². The van der Waals surface area contributed by atoms with Crippen LogP contribution >= 0.6 is 0 Å². The van der Waals surface area contributed by atoms with Crippen LogP contribution in [0.15, 0.2) is 24.3 Å². The van der Waals surface area contributed by atoms with Crippen LogP contribution in [0.2, 0.25) is 0 Å². The lowest BCUT2D eigenvalue weighted by Crippen LogP contribution is -2.64. The number of hydrogen-bond acceptors (Lipinski definition) is 16. The van der Waals surface area contributed by atoms with Gasteiger partial charge in [-0.25, -0.2) is 4.79 Å². The fourth-order valence-corrected chi connectivity index (χ4v) is 7.27. The molecule has 4 fully saturated rings. The van der Waals surface area contributed by atoms with Crippen molar-refractivity contribution in [1.29, 1.82) is 0 Å². The van der Waals surface area contributed by atoms with Crippen LogP contribution in [0.5, 0.6) is 0 Å². The fourth-order valence-electron chi connectivity index (χ4n) is 7.27. The molecule has 298 valence electrons. The Morgan fingerprint density at radius 2 is 1.57 bits per heavy atom. The monoisotopic (exact) mass is 758 g/mol. The maximum Gasteiger partial charge on any atom is 0.332 e. The number of aliphatic carboxylic acids is 1. The predicted octanol–water partition coefficient (Wildman–Crippen LogP) is -1.04. The molecule has 3 aliphatic heterocycles. The van der Waals surface area contributed by atoms with Crippen LogP contribution in [-0.4, -0.2) is 158 Å². The van der Waals surface area contributed by atoms with E-state index in [1.165, 1.54) is 31.2 Å². The molecular formula is C34H50N2O17. The first kappa shape index (κ1) is 41.2. The summed E-state index contributed by atoms with van der Waals surface area (Å²) in [5.74, 6) is -1.81. The van der Waals surface area contributed by atoms with Gasteiger partial charge in [0.25, 0.3) is 11.6 Å². The van der Waals surface area contributed by atoms with Crippen molar-refractivity contribution in [1.82, 2.24) is 5.32 Å². The number of aliphatic hydroxyl groups is 6. The summed E-state index contributed by atoms with van der Waals surface area (Å²) in [5, 5.41) is 87.6. The second-order valence-corrected chi connectivity index (χ2v) is 14.0. The van der Waals surface area contributed by atoms with Crippen LogP contribution in [0, 0.1) is 16.0 Å². The van der Waals surface area contributed by atoms with E-state index in [1.54, 1.807) is 0 Å². The van der Waals surface area contributed by atoms with Gasteiger partial charge in [-0.05, 0) is 37.8 Å². The van der Waals surface area contributed by atoms with Crippen LogP contribution in [0.4, 0.5) is 5.69 Å². The average Bonchev–Trinajstić information content (AvgIpc) is 3.15. The van der Waals surface area contributed by atoms with Gasteiger partial charge in [0.1, 0.15) is 54.9 Å². The topological polar surface area (TPSA) is 286 Å². The number of carbonyl (C=O) groups is 2. The molecule has 0 aromatic heterocycles. The predicted molar refractivity (Wildman–Crippen MR) is 177 cm³/mol. The highest BCUT2D eigenvalue weighted by Gasteiger charge is 2.51. The van der Waals surface area contributed by atoms with E-state index in [-0.39, 0.29) is 43.2 Å². The number of carboxylic acid groups (broad SMARTS) is 1. The number of carboxylic acids is 1. The van der Waals surface area contributed by atoms with E-state index in [1.807, 2.05) is 0 Å². The summed E-state index contributed by atoms with van der Waals surface area (Å²) in [5.41, 5.74) is -0.105. The summed E-state index contributed by atoms with van der Waals surface area (Å²) in [6, 6.07) is 4.88. The Kier molecular flexibility index (Phi) is 14.5. The smallest absolute Gasteiger partial charge is 0.332 e. The van der Waals surface area contributed by atoms with Gasteiger partial charge in [0, 0.05) is 30.8 Å². The quantitative estimate of drug-likeness (QED) is 0.0830. The third-order valence-corrected chi connectivity index (χ3v) is 10.4. The molecule has 19 nitrogen and oxygen atoms in total. The number of aliphatic hydroxyl groups excluding tert-OH is 6. The van der Waals surface area contributed by atoms with Crippen molar-refractivity contribution >= 4 is 17.6 Å². The van der Waals surface area contributed by atoms with Crippen molar-refractivity contribution < 1.29 is 78.7 Å². The highest BCUT2D eigenvalue weighted by Crippen LogP contribution is 2.34. The molecule has 14 atom stereocenters. The van der Waals surface area contributed by atoms with Gasteiger partial charge in [0.05, 0.1) is 23.7 Å². The molecule has 19 heteroatoms. The second-order valence-electron chi connectivity index (χ2n) is 14.0.